The van der Waals surface area contributed by atoms with Gasteiger partial charge in [0.25, 0.3) is 0 Å². The van der Waals surface area contributed by atoms with Crippen LogP contribution in [0.2, 0.25) is 0 Å². The topological polar surface area (TPSA) is 91.8 Å². The van der Waals surface area contributed by atoms with Crippen molar-refractivity contribution < 1.29 is 23.1 Å². The summed E-state index contributed by atoms with van der Waals surface area (Å²) >= 11 is 1.17. The van der Waals surface area contributed by atoms with E-state index >= 15 is 0 Å². The van der Waals surface area contributed by atoms with Crippen molar-refractivity contribution in [3.8, 4) is 0 Å². The van der Waals surface area contributed by atoms with Gasteiger partial charge in [-0.2, -0.15) is 0 Å². The number of thioether (sulfide) groups is 1. The molecule has 1 aliphatic rings. The standard InChI is InChI=1S/C16H21NO5S2/c1-2-8-17(12-7-9-24(21,22)11-12)15(18)10-23-14-6-4-3-5-13(14)16(19)20/h3-6,12H,2,7-11H2,1H3,(H,19,20)/t12-/m0/s1. The summed E-state index contributed by atoms with van der Waals surface area (Å²) < 4.78 is 23.3. The second kappa shape index (κ2) is 8.02. The van der Waals surface area contributed by atoms with E-state index in [-0.39, 0.29) is 34.8 Å². The quantitative estimate of drug-likeness (QED) is 0.736. The first kappa shape index (κ1) is 18.8. The molecular weight excluding hydrogens is 350 g/mol. The van der Waals surface area contributed by atoms with Crippen LogP contribution in [0.1, 0.15) is 30.1 Å². The van der Waals surface area contributed by atoms with Gasteiger partial charge in [0, 0.05) is 17.5 Å². The molecule has 0 saturated carbocycles. The molecule has 0 bridgehead atoms. The minimum absolute atomic E-state index is 0.0229. The first-order valence-electron chi connectivity index (χ1n) is 7.79. The van der Waals surface area contributed by atoms with Crippen molar-refractivity contribution in [1.82, 2.24) is 4.90 Å². The Balaban J connectivity index is 2.05. The summed E-state index contributed by atoms with van der Waals surface area (Å²) in [5.74, 6) is -0.933. The molecule has 6 nitrogen and oxygen atoms in total. The average molecular weight is 371 g/mol. The Kier molecular flexibility index (Phi) is 6.28. The van der Waals surface area contributed by atoms with E-state index in [0.717, 1.165) is 6.42 Å². The highest BCUT2D eigenvalue weighted by Crippen LogP contribution is 2.25. The molecule has 1 aromatic rings. The van der Waals surface area contributed by atoms with E-state index in [1.165, 1.54) is 17.8 Å². The molecule has 132 valence electrons. The largest absolute Gasteiger partial charge is 0.478 e. The Morgan fingerprint density at radius 2 is 2.04 bits per heavy atom. The Morgan fingerprint density at radius 1 is 1.33 bits per heavy atom. The molecule has 1 heterocycles. The third-order valence-corrected chi connectivity index (χ3v) is 6.71. The molecule has 2 rings (SSSR count). The van der Waals surface area contributed by atoms with Gasteiger partial charge in [0.2, 0.25) is 5.91 Å². The number of nitrogens with zero attached hydrogens (tertiary/aromatic N) is 1. The van der Waals surface area contributed by atoms with Crippen LogP contribution in [0.25, 0.3) is 0 Å². The maximum atomic E-state index is 12.5. The molecule has 1 N–H and O–H groups in total. The fraction of sp³-hybridized carbons (Fsp3) is 0.500. The lowest BCUT2D eigenvalue weighted by Crippen LogP contribution is -2.42. The summed E-state index contributed by atoms with van der Waals surface area (Å²) in [7, 11) is -3.06. The van der Waals surface area contributed by atoms with Gasteiger partial charge in [0.05, 0.1) is 22.8 Å². The minimum atomic E-state index is -3.06. The van der Waals surface area contributed by atoms with Crippen LogP contribution in [-0.2, 0) is 14.6 Å². The summed E-state index contributed by atoms with van der Waals surface area (Å²) in [4.78, 5) is 25.9. The van der Waals surface area contributed by atoms with Gasteiger partial charge >= 0.3 is 5.97 Å². The molecule has 1 atom stereocenters. The number of amides is 1. The number of aromatic carboxylic acids is 1. The van der Waals surface area contributed by atoms with Gasteiger partial charge in [0.15, 0.2) is 9.84 Å². The molecule has 1 fully saturated rings. The van der Waals surface area contributed by atoms with Crippen molar-refractivity contribution in [3.05, 3.63) is 29.8 Å². The van der Waals surface area contributed by atoms with Crippen molar-refractivity contribution in [2.75, 3.05) is 23.8 Å². The summed E-state index contributed by atoms with van der Waals surface area (Å²) in [5, 5.41) is 9.18. The van der Waals surface area contributed by atoms with E-state index in [2.05, 4.69) is 0 Å². The molecule has 24 heavy (non-hydrogen) atoms. The third kappa shape index (κ3) is 4.73. The molecule has 0 aromatic heterocycles. The van der Waals surface area contributed by atoms with Gasteiger partial charge in [-0.1, -0.05) is 19.1 Å². The molecule has 1 aliphatic heterocycles. The van der Waals surface area contributed by atoms with Crippen LogP contribution in [-0.4, -0.2) is 60.1 Å². The highest BCUT2D eigenvalue weighted by molar-refractivity contribution is 8.00. The Bertz CT molecular complexity index is 717. The van der Waals surface area contributed by atoms with E-state index < -0.39 is 15.8 Å². The average Bonchev–Trinajstić information content (AvgIpc) is 2.90. The first-order valence-corrected chi connectivity index (χ1v) is 10.6. The number of carbonyl (C=O) groups excluding carboxylic acids is 1. The molecule has 1 aromatic carbocycles. The number of sulfone groups is 1. The number of carboxylic acid groups (broad SMARTS) is 1. The van der Waals surface area contributed by atoms with E-state index in [1.807, 2.05) is 6.92 Å². The molecule has 0 aliphatic carbocycles. The molecule has 1 saturated heterocycles. The summed E-state index contributed by atoms with van der Waals surface area (Å²) in [6.45, 7) is 2.46. The Hall–Kier alpha value is -1.54. The SMILES string of the molecule is CCCN(C(=O)CSc1ccccc1C(=O)O)[C@H]1CCS(=O)(=O)C1. The van der Waals surface area contributed by atoms with Crippen LogP contribution >= 0.6 is 11.8 Å². The highest BCUT2D eigenvalue weighted by atomic mass is 32.2. The number of carbonyl (C=O) groups is 2. The molecule has 1 amide bonds. The lowest BCUT2D eigenvalue weighted by Gasteiger charge is -2.28. The fourth-order valence-electron chi connectivity index (χ4n) is 2.76. The number of carboxylic acids is 1. The highest BCUT2D eigenvalue weighted by Gasteiger charge is 2.34. The van der Waals surface area contributed by atoms with Crippen LogP contribution in [0.3, 0.4) is 0 Å². The van der Waals surface area contributed by atoms with Crippen molar-refractivity contribution in [2.45, 2.75) is 30.7 Å². The maximum Gasteiger partial charge on any atom is 0.336 e. The summed E-state index contributed by atoms with van der Waals surface area (Å²) in [6, 6.07) is 6.28. The van der Waals surface area contributed by atoms with E-state index in [4.69, 9.17) is 0 Å². The number of hydrogen-bond acceptors (Lipinski definition) is 5. The molecule has 0 spiro atoms. The zero-order valence-electron chi connectivity index (χ0n) is 13.5. The van der Waals surface area contributed by atoms with Crippen LogP contribution in [0.15, 0.2) is 29.2 Å². The zero-order valence-corrected chi connectivity index (χ0v) is 15.1. The summed E-state index contributed by atoms with van der Waals surface area (Å²) in [6.07, 6.45) is 1.23. The normalized spacial score (nSPS) is 19.1. The molecule has 0 unspecified atom stereocenters. The van der Waals surface area contributed by atoms with Gasteiger partial charge < -0.3 is 10.0 Å². The van der Waals surface area contributed by atoms with Gasteiger partial charge in [-0.25, -0.2) is 13.2 Å². The van der Waals surface area contributed by atoms with Crippen LogP contribution in [0.4, 0.5) is 0 Å². The summed E-state index contributed by atoms with van der Waals surface area (Å²) in [5.41, 5.74) is 0.167. The van der Waals surface area contributed by atoms with Crippen LogP contribution < -0.4 is 0 Å². The van der Waals surface area contributed by atoms with Gasteiger partial charge in [0.1, 0.15) is 0 Å². The first-order chi connectivity index (χ1) is 11.3. The Morgan fingerprint density at radius 3 is 2.62 bits per heavy atom. The fourth-order valence-corrected chi connectivity index (χ4v) is 5.43. The minimum Gasteiger partial charge on any atom is -0.478 e. The lowest BCUT2D eigenvalue weighted by atomic mass is 10.2. The third-order valence-electron chi connectivity index (χ3n) is 3.90. The maximum absolute atomic E-state index is 12.5. The van der Waals surface area contributed by atoms with E-state index in [1.54, 1.807) is 23.1 Å². The Labute approximate surface area is 146 Å². The van der Waals surface area contributed by atoms with Crippen molar-refractivity contribution in [3.63, 3.8) is 0 Å². The smallest absolute Gasteiger partial charge is 0.336 e. The predicted octanol–water partition coefficient (Wildman–Crippen LogP) is 1.90. The van der Waals surface area contributed by atoms with Crippen molar-refractivity contribution in [1.29, 1.82) is 0 Å². The van der Waals surface area contributed by atoms with Crippen LogP contribution in [0, 0.1) is 0 Å². The lowest BCUT2D eigenvalue weighted by molar-refractivity contribution is -0.130. The number of hydrogen-bond donors (Lipinski definition) is 1. The second-order valence-corrected chi connectivity index (χ2v) is 8.98. The predicted molar refractivity (Wildman–Crippen MR) is 93.2 cm³/mol. The monoisotopic (exact) mass is 371 g/mol. The van der Waals surface area contributed by atoms with Gasteiger partial charge in [-0.15, -0.1) is 11.8 Å². The van der Waals surface area contributed by atoms with E-state index in [9.17, 15) is 23.1 Å². The molecular formula is C16H21NO5S2. The van der Waals surface area contributed by atoms with Crippen LogP contribution in [0.5, 0.6) is 0 Å². The second-order valence-electron chi connectivity index (χ2n) is 5.73. The van der Waals surface area contributed by atoms with E-state index in [0.29, 0.717) is 17.9 Å². The zero-order chi connectivity index (χ0) is 17.7. The van der Waals surface area contributed by atoms with Crippen molar-refractivity contribution in [2.24, 2.45) is 0 Å². The van der Waals surface area contributed by atoms with Gasteiger partial charge in [-0.05, 0) is 25.0 Å². The number of benzene rings is 1. The van der Waals surface area contributed by atoms with Gasteiger partial charge in [-0.3, -0.25) is 4.79 Å². The molecule has 0 radical (unpaired) electrons. The van der Waals surface area contributed by atoms with Crippen molar-refractivity contribution >= 4 is 33.5 Å². The number of rotatable bonds is 7. The molecule has 8 heteroatoms.